The Morgan fingerprint density at radius 3 is 2.50 bits per heavy atom. The lowest BCUT2D eigenvalue weighted by atomic mass is 10.1. The first-order valence-electron chi connectivity index (χ1n) is 9.21. The number of benzene rings is 1. The molecule has 1 aromatic carbocycles. The molecule has 0 saturated heterocycles. The van der Waals surface area contributed by atoms with Gasteiger partial charge in [-0.25, -0.2) is 4.79 Å². The maximum absolute atomic E-state index is 13.0. The summed E-state index contributed by atoms with van der Waals surface area (Å²) in [4.78, 5) is 43.8. The molecule has 12 heteroatoms. The summed E-state index contributed by atoms with van der Waals surface area (Å²) in [5.41, 5.74) is -0.530. The van der Waals surface area contributed by atoms with Gasteiger partial charge in [0.15, 0.2) is 0 Å². The summed E-state index contributed by atoms with van der Waals surface area (Å²) in [6.07, 6.45) is -5.44. The average molecular weight is 457 g/mol. The molecular formula is C20H16F5N3O4. The summed E-state index contributed by atoms with van der Waals surface area (Å²) >= 11 is 0. The van der Waals surface area contributed by atoms with Crippen LogP contribution in [-0.2, 0) is 0 Å². The predicted molar refractivity (Wildman–Crippen MR) is 104 cm³/mol. The highest BCUT2D eigenvalue weighted by atomic mass is 19.4. The molecule has 170 valence electrons. The lowest BCUT2D eigenvalue weighted by Gasteiger charge is -2.22. The van der Waals surface area contributed by atoms with Gasteiger partial charge in [-0.1, -0.05) is 6.07 Å². The quantitative estimate of drug-likeness (QED) is 0.433. The molecule has 0 aliphatic carbocycles. The number of rotatable bonds is 6. The van der Waals surface area contributed by atoms with Crippen molar-refractivity contribution in [3.8, 4) is 0 Å². The molecule has 1 amide bonds. The Hall–Kier alpha value is -3.57. The van der Waals surface area contributed by atoms with Gasteiger partial charge in [0.1, 0.15) is 5.56 Å². The summed E-state index contributed by atoms with van der Waals surface area (Å²) in [6.45, 7) is -0.328. The minimum absolute atomic E-state index is 0.0615. The second-order valence-corrected chi connectivity index (χ2v) is 7.15. The van der Waals surface area contributed by atoms with Gasteiger partial charge in [-0.2, -0.15) is 22.0 Å². The number of aromatic amines is 1. The summed E-state index contributed by atoms with van der Waals surface area (Å²) in [5, 5.41) is 9.58. The summed E-state index contributed by atoms with van der Waals surface area (Å²) in [7, 11) is 1.27. The molecule has 0 radical (unpaired) electrons. The molecule has 0 aliphatic heterocycles. The van der Waals surface area contributed by atoms with Crippen molar-refractivity contribution in [2.45, 2.75) is 24.9 Å². The number of alkyl halides is 5. The number of carbonyl (C=O) groups is 2. The summed E-state index contributed by atoms with van der Waals surface area (Å²) in [5.74, 6) is -6.86. The second-order valence-electron chi connectivity index (χ2n) is 7.15. The maximum atomic E-state index is 13.0. The summed E-state index contributed by atoms with van der Waals surface area (Å²) < 4.78 is 62.7. The Morgan fingerprint density at radius 2 is 1.88 bits per heavy atom. The van der Waals surface area contributed by atoms with Gasteiger partial charge in [0, 0.05) is 43.2 Å². The van der Waals surface area contributed by atoms with Gasteiger partial charge in [-0.3, -0.25) is 14.6 Å². The number of H-pyrrole nitrogens is 1. The van der Waals surface area contributed by atoms with Gasteiger partial charge < -0.3 is 15.0 Å². The Bertz CT molecular complexity index is 1270. The van der Waals surface area contributed by atoms with Crippen molar-refractivity contribution in [2.24, 2.45) is 0 Å². The number of fused-ring (bicyclic) bond motifs is 3. The van der Waals surface area contributed by atoms with Crippen molar-refractivity contribution in [3.63, 3.8) is 0 Å². The average Bonchev–Trinajstić information content (AvgIpc) is 2.71. The molecule has 3 rings (SSSR count). The number of aromatic nitrogens is 2. The van der Waals surface area contributed by atoms with Crippen molar-refractivity contribution in [1.29, 1.82) is 0 Å². The zero-order valence-electron chi connectivity index (χ0n) is 16.5. The number of hydrogen-bond acceptors (Lipinski definition) is 4. The third-order valence-corrected chi connectivity index (χ3v) is 4.93. The van der Waals surface area contributed by atoms with Crippen molar-refractivity contribution in [3.05, 3.63) is 51.9 Å². The fourth-order valence-corrected chi connectivity index (χ4v) is 3.17. The molecule has 0 spiro atoms. The van der Waals surface area contributed by atoms with Gasteiger partial charge in [0.05, 0.1) is 16.6 Å². The molecule has 2 N–H and O–H groups in total. The van der Waals surface area contributed by atoms with Crippen molar-refractivity contribution in [1.82, 2.24) is 14.9 Å². The van der Waals surface area contributed by atoms with E-state index >= 15 is 0 Å². The predicted octanol–water partition coefficient (Wildman–Crippen LogP) is 3.82. The molecule has 32 heavy (non-hydrogen) atoms. The van der Waals surface area contributed by atoms with E-state index in [4.69, 9.17) is 5.11 Å². The van der Waals surface area contributed by atoms with Crippen LogP contribution in [0.4, 0.5) is 22.0 Å². The van der Waals surface area contributed by atoms with Crippen LogP contribution in [0.3, 0.4) is 0 Å². The van der Waals surface area contributed by atoms with E-state index in [1.165, 1.54) is 31.4 Å². The van der Waals surface area contributed by atoms with E-state index in [0.29, 0.717) is 10.9 Å². The minimum atomic E-state index is -5.65. The molecule has 7 nitrogen and oxygen atoms in total. The highest BCUT2D eigenvalue weighted by Gasteiger charge is 2.56. The van der Waals surface area contributed by atoms with Crippen LogP contribution in [0, 0.1) is 0 Å². The van der Waals surface area contributed by atoms with E-state index in [9.17, 15) is 36.3 Å². The monoisotopic (exact) mass is 457 g/mol. The summed E-state index contributed by atoms with van der Waals surface area (Å²) in [6, 6.07) is 4.27. The lowest BCUT2D eigenvalue weighted by Crippen LogP contribution is -2.37. The Labute approximate surface area is 176 Å². The molecular weight excluding hydrogens is 441 g/mol. The lowest BCUT2D eigenvalue weighted by molar-refractivity contribution is -0.284. The molecule has 0 bridgehead atoms. The van der Waals surface area contributed by atoms with Crippen molar-refractivity contribution < 1.29 is 36.6 Å². The number of pyridine rings is 2. The minimum Gasteiger partial charge on any atom is -0.477 e. The van der Waals surface area contributed by atoms with Crippen LogP contribution in [0.25, 0.3) is 21.8 Å². The smallest absolute Gasteiger partial charge is 0.453 e. The van der Waals surface area contributed by atoms with Gasteiger partial charge >= 0.3 is 18.1 Å². The second kappa shape index (κ2) is 8.17. The molecule has 0 aliphatic rings. The number of nitrogens with zero attached hydrogens (tertiary/aromatic N) is 2. The van der Waals surface area contributed by atoms with Crippen LogP contribution < -0.4 is 5.43 Å². The van der Waals surface area contributed by atoms with E-state index in [1.807, 2.05) is 0 Å². The first-order valence-corrected chi connectivity index (χ1v) is 9.21. The highest BCUT2D eigenvalue weighted by molar-refractivity contribution is 6.06. The molecule has 0 fully saturated rings. The van der Waals surface area contributed by atoms with Crippen molar-refractivity contribution >= 4 is 33.7 Å². The van der Waals surface area contributed by atoms with Gasteiger partial charge in [-0.05, 0) is 18.6 Å². The third-order valence-electron chi connectivity index (χ3n) is 4.93. The number of carbonyl (C=O) groups excluding carboxylic acids is 1. The van der Waals surface area contributed by atoms with Crippen LogP contribution >= 0.6 is 0 Å². The van der Waals surface area contributed by atoms with Gasteiger partial charge in [0.2, 0.25) is 5.43 Å². The molecule has 0 saturated carbocycles. The normalized spacial score (nSPS) is 12.3. The van der Waals surface area contributed by atoms with Gasteiger partial charge in [0.25, 0.3) is 5.91 Å². The van der Waals surface area contributed by atoms with Crippen LogP contribution in [0.2, 0.25) is 0 Å². The molecule has 2 heterocycles. The Balaban J connectivity index is 1.82. The number of carboxylic acid groups (broad SMARTS) is 1. The van der Waals surface area contributed by atoms with Crippen LogP contribution in [-0.4, -0.2) is 57.5 Å². The van der Waals surface area contributed by atoms with E-state index < -0.39 is 47.8 Å². The first-order chi connectivity index (χ1) is 14.8. The number of amides is 1. The van der Waals surface area contributed by atoms with Crippen LogP contribution in [0.15, 0.2) is 35.4 Å². The van der Waals surface area contributed by atoms with E-state index in [2.05, 4.69) is 9.97 Å². The van der Waals surface area contributed by atoms with E-state index in [0.717, 1.165) is 11.1 Å². The fraction of sp³-hybridized carbons (Fsp3) is 0.300. The maximum Gasteiger partial charge on any atom is 0.453 e. The molecule has 0 unspecified atom stereocenters. The number of nitrogens with one attached hydrogen (secondary N) is 1. The van der Waals surface area contributed by atoms with Gasteiger partial charge in [-0.15, -0.1) is 0 Å². The first kappa shape index (κ1) is 23.1. The SMILES string of the molecule is CN(CCCC(F)(F)C(F)(F)F)C(=O)c1cnc2c(ccc3c(=O)c(C(=O)O)c[nH]c32)c1. The van der Waals surface area contributed by atoms with Crippen LogP contribution in [0.1, 0.15) is 33.6 Å². The van der Waals surface area contributed by atoms with E-state index in [1.54, 1.807) is 0 Å². The van der Waals surface area contributed by atoms with Crippen LogP contribution in [0.5, 0.6) is 0 Å². The topological polar surface area (TPSA) is 103 Å². The number of halogens is 5. The molecule has 3 aromatic rings. The third kappa shape index (κ3) is 4.25. The Kier molecular flexibility index (Phi) is 5.90. The van der Waals surface area contributed by atoms with E-state index in [-0.39, 0.29) is 23.0 Å². The van der Waals surface area contributed by atoms with Crippen molar-refractivity contribution in [2.75, 3.05) is 13.6 Å². The highest BCUT2D eigenvalue weighted by Crippen LogP contribution is 2.38. The zero-order valence-corrected chi connectivity index (χ0v) is 16.5. The fourth-order valence-electron chi connectivity index (χ4n) is 3.17. The standard InChI is InChI=1S/C20H16F5N3O4/c1-28(6-2-5-19(21,22)20(23,24)25)17(30)11-7-10-3-4-12-15(14(10)26-8-11)27-9-13(16(12)29)18(31)32/h3-4,7-9H,2,5-6H2,1H3,(H,27,29)(H,31,32). The zero-order chi connectivity index (χ0) is 23.8. The Morgan fingerprint density at radius 1 is 1.19 bits per heavy atom. The largest absolute Gasteiger partial charge is 0.477 e. The molecule has 0 atom stereocenters. The number of aromatic carboxylic acids is 1. The number of hydrogen-bond donors (Lipinski definition) is 2. The molecule has 2 aromatic heterocycles. The number of carboxylic acids is 1.